The number of hydrogen-bond donors (Lipinski definition) is 1. The van der Waals surface area contributed by atoms with Crippen LogP contribution in [0.2, 0.25) is 0 Å². The molecule has 0 bridgehead atoms. The van der Waals surface area contributed by atoms with Crippen LogP contribution in [0.1, 0.15) is 15.4 Å². The normalized spacial score (nSPS) is 10.6. The number of halogens is 1. The lowest BCUT2D eigenvalue weighted by molar-refractivity contribution is 0.0941. The number of carbonyl (C=O) groups excluding carboxylic acids is 1. The number of hydrogen-bond acceptors (Lipinski definition) is 5. The van der Waals surface area contributed by atoms with E-state index >= 15 is 0 Å². The molecule has 0 spiro atoms. The summed E-state index contributed by atoms with van der Waals surface area (Å²) in [6, 6.07) is 8.67. The second-order valence-corrected chi connectivity index (χ2v) is 6.18. The number of benzene rings is 1. The molecule has 0 fully saturated rings. The maximum Gasteiger partial charge on any atom is 0.351 e. The van der Waals surface area contributed by atoms with E-state index in [4.69, 9.17) is 0 Å². The van der Waals surface area contributed by atoms with Crippen molar-refractivity contribution in [1.82, 2.24) is 19.7 Å². The maximum absolute atomic E-state index is 13.1. The first-order valence-electron chi connectivity index (χ1n) is 7.24. The Morgan fingerprint density at radius 2 is 1.96 bits per heavy atom. The summed E-state index contributed by atoms with van der Waals surface area (Å²) in [7, 11) is 1.25. The molecule has 2 heterocycles. The van der Waals surface area contributed by atoms with Crippen molar-refractivity contribution < 1.29 is 9.18 Å². The molecule has 0 atom stereocenters. The van der Waals surface area contributed by atoms with E-state index in [2.05, 4.69) is 10.4 Å². The maximum atomic E-state index is 13.1. The smallest absolute Gasteiger partial charge is 0.346 e. The largest absolute Gasteiger partial charge is 0.351 e. The summed E-state index contributed by atoms with van der Waals surface area (Å²) in [5.74, 6) is -1.17. The minimum absolute atomic E-state index is 0.245. The first-order valence-corrected chi connectivity index (χ1v) is 8.12. The van der Waals surface area contributed by atoms with Crippen molar-refractivity contribution in [2.24, 2.45) is 7.05 Å². The van der Waals surface area contributed by atoms with Gasteiger partial charge in [-0.15, -0.1) is 11.3 Å². The summed E-state index contributed by atoms with van der Waals surface area (Å²) in [6.45, 7) is 0.247. The minimum atomic E-state index is -0.799. The number of nitrogens with zero attached hydrogens (tertiary/aromatic N) is 3. The van der Waals surface area contributed by atoms with Crippen LogP contribution in [0.5, 0.6) is 0 Å². The molecule has 0 aliphatic heterocycles. The number of aromatic nitrogens is 3. The highest BCUT2D eigenvalue weighted by Crippen LogP contribution is 2.08. The monoisotopic (exact) mass is 360 g/mol. The van der Waals surface area contributed by atoms with E-state index in [1.807, 2.05) is 17.5 Å². The molecule has 7 nitrogen and oxygen atoms in total. The SMILES string of the molecule is Cn1c(=O)c(C(=O)NCc2cccs2)nn(-c2ccc(F)cc2)c1=O. The molecule has 2 aromatic heterocycles. The molecule has 1 N–H and O–H groups in total. The summed E-state index contributed by atoms with van der Waals surface area (Å²) in [5, 5.41) is 8.34. The van der Waals surface area contributed by atoms with Crippen LogP contribution < -0.4 is 16.6 Å². The van der Waals surface area contributed by atoms with Crippen LogP contribution in [0.25, 0.3) is 5.69 Å². The Balaban J connectivity index is 1.99. The molecule has 3 aromatic rings. The van der Waals surface area contributed by atoms with E-state index in [0.717, 1.165) is 26.3 Å². The molecule has 1 amide bonds. The van der Waals surface area contributed by atoms with Gasteiger partial charge in [0.1, 0.15) is 5.82 Å². The summed E-state index contributed by atoms with van der Waals surface area (Å²) in [4.78, 5) is 37.7. The Bertz CT molecular complexity index is 1020. The minimum Gasteiger partial charge on any atom is -0.346 e. The molecule has 0 saturated carbocycles. The quantitative estimate of drug-likeness (QED) is 0.754. The highest BCUT2D eigenvalue weighted by atomic mass is 32.1. The number of nitrogens with one attached hydrogen (secondary N) is 1. The van der Waals surface area contributed by atoms with Crippen molar-refractivity contribution in [3.05, 3.63) is 79.0 Å². The molecular formula is C16H13FN4O3S. The van der Waals surface area contributed by atoms with Gasteiger partial charge in [0.2, 0.25) is 5.69 Å². The molecule has 128 valence electrons. The summed E-state index contributed by atoms with van der Waals surface area (Å²) < 4.78 is 14.7. The third-order valence-corrected chi connectivity index (χ3v) is 4.34. The molecule has 0 radical (unpaired) electrons. The number of rotatable bonds is 4. The Kier molecular flexibility index (Phi) is 4.57. The Morgan fingerprint density at radius 1 is 1.24 bits per heavy atom. The molecule has 0 aliphatic rings. The summed E-state index contributed by atoms with van der Waals surface area (Å²) in [5.41, 5.74) is -1.70. The Hall–Kier alpha value is -3.07. The molecule has 9 heteroatoms. The Morgan fingerprint density at radius 3 is 2.60 bits per heavy atom. The molecule has 1 aromatic carbocycles. The van der Waals surface area contributed by atoms with Gasteiger partial charge >= 0.3 is 5.69 Å². The van der Waals surface area contributed by atoms with E-state index in [0.29, 0.717) is 0 Å². The van der Waals surface area contributed by atoms with Crippen LogP contribution in [-0.4, -0.2) is 20.3 Å². The van der Waals surface area contributed by atoms with Gasteiger partial charge in [-0.1, -0.05) is 6.07 Å². The van der Waals surface area contributed by atoms with Gasteiger partial charge in [-0.2, -0.15) is 9.78 Å². The molecule has 0 unspecified atom stereocenters. The van der Waals surface area contributed by atoms with Crippen LogP contribution >= 0.6 is 11.3 Å². The van der Waals surface area contributed by atoms with Gasteiger partial charge < -0.3 is 5.32 Å². The van der Waals surface area contributed by atoms with Crippen molar-refractivity contribution in [2.45, 2.75) is 6.54 Å². The molecule has 0 aliphatic carbocycles. The van der Waals surface area contributed by atoms with Crippen LogP contribution in [-0.2, 0) is 13.6 Å². The van der Waals surface area contributed by atoms with Gasteiger partial charge in [0.05, 0.1) is 12.2 Å². The van der Waals surface area contributed by atoms with Crippen molar-refractivity contribution >= 4 is 17.2 Å². The average molecular weight is 360 g/mol. The number of carbonyl (C=O) groups is 1. The fourth-order valence-corrected chi connectivity index (χ4v) is 2.78. The van der Waals surface area contributed by atoms with Crippen molar-refractivity contribution in [1.29, 1.82) is 0 Å². The number of thiophene rings is 1. The van der Waals surface area contributed by atoms with Gasteiger partial charge in [0, 0.05) is 11.9 Å². The van der Waals surface area contributed by atoms with Gasteiger partial charge in [0.25, 0.3) is 11.5 Å². The Labute approximate surface area is 145 Å². The summed E-state index contributed by atoms with van der Waals surface area (Å²) in [6.07, 6.45) is 0. The van der Waals surface area contributed by atoms with Gasteiger partial charge in [-0.25, -0.2) is 9.18 Å². The third kappa shape index (κ3) is 3.41. The highest BCUT2D eigenvalue weighted by Gasteiger charge is 2.18. The van der Waals surface area contributed by atoms with E-state index in [-0.39, 0.29) is 12.2 Å². The highest BCUT2D eigenvalue weighted by molar-refractivity contribution is 7.09. The van der Waals surface area contributed by atoms with Crippen LogP contribution in [0.3, 0.4) is 0 Å². The molecule has 3 rings (SSSR count). The topological polar surface area (TPSA) is 86.0 Å². The van der Waals surface area contributed by atoms with Gasteiger partial charge in [-0.3, -0.25) is 14.2 Å². The molecular weight excluding hydrogens is 347 g/mol. The lowest BCUT2D eigenvalue weighted by Gasteiger charge is -2.09. The number of amides is 1. The van der Waals surface area contributed by atoms with E-state index in [1.54, 1.807) is 0 Å². The lowest BCUT2D eigenvalue weighted by Crippen LogP contribution is -2.44. The molecule has 0 saturated heterocycles. The fraction of sp³-hybridized carbons (Fsp3) is 0.125. The predicted molar refractivity (Wildman–Crippen MR) is 90.5 cm³/mol. The van der Waals surface area contributed by atoms with E-state index in [1.165, 1.54) is 30.5 Å². The average Bonchev–Trinajstić information content (AvgIpc) is 3.12. The molecule has 25 heavy (non-hydrogen) atoms. The van der Waals surface area contributed by atoms with E-state index in [9.17, 15) is 18.8 Å². The zero-order chi connectivity index (χ0) is 18.0. The standard InChI is InChI=1S/C16H13FN4O3S/c1-20-15(23)13(14(22)18-9-12-3-2-8-25-12)19-21(16(20)24)11-6-4-10(17)5-7-11/h2-8H,9H2,1H3,(H,18,22). The van der Waals surface area contributed by atoms with Gasteiger partial charge in [0.15, 0.2) is 0 Å². The third-order valence-electron chi connectivity index (χ3n) is 3.46. The van der Waals surface area contributed by atoms with E-state index < -0.39 is 28.7 Å². The fourth-order valence-electron chi connectivity index (χ4n) is 2.13. The second kappa shape index (κ2) is 6.81. The van der Waals surface area contributed by atoms with Crippen molar-refractivity contribution in [3.63, 3.8) is 0 Å². The zero-order valence-corrected chi connectivity index (χ0v) is 13.9. The van der Waals surface area contributed by atoms with Gasteiger partial charge in [-0.05, 0) is 35.7 Å². The van der Waals surface area contributed by atoms with Crippen LogP contribution in [0.15, 0.2) is 51.4 Å². The van der Waals surface area contributed by atoms with Crippen molar-refractivity contribution in [3.8, 4) is 5.69 Å². The zero-order valence-electron chi connectivity index (χ0n) is 13.1. The first-order chi connectivity index (χ1) is 12.0. The predicted octanol–water partition coefficient (Wildman–Crippen LogP) is 1.06. The summed E-state index contributed by atoms with van der Waals surface area (Å²) >= 11 is 1.46. The first kappa shape index (κ1) is 16.8. The second-order valence-electron chi connectivity index (χ2n) is 5.15. The van der Waals surface area contributed by atoms with Crippen LogP contribution in [0, 0.1) is 5.82 Å². The lowest BCUT2D eigenvalue weighted by atomic mass is 10.3. The van der Waals surface area contributed by atoms with Crippen molar-refractivity contribution in [2.75, 3.05) is 0 Å². The van der Waals surface area contributed by atoms with Crippen LogP contribution in [0.4, 0.5) is 4.39 Å².